The Morgan fingerprint density at radius 1 is 1.50 bits per heavy atom. The average Bonchev–Trinajstić information content (AvgIpc) is 2.95. The SMILES string of the molecule is Cc1nc(C(NC(=O)c2ccco2)C(C)C)n[nH]1. The molecule has 18 heavy (non-hydrogen) atoms. The lowest BCUT2D eigenvalue weighted by atomic mass is 10.0. The minimum atomic E-state index is -0.263. The van der Waals surface area contributed by atoms with Crippen LogP contribution in [0, 0.1) is 12.8 Å². The first-order valence-corrected chi connectivity index (χ1v) is 5.81. The minimum absolute atomic E-state index is 0.180. The molecule has 0 spiro atoms. The molecule has 0 aliphatic rings. The van der Waals surface area contributed by atoms with Crippen molar-refractivity contribution in [3.63, 3.8) is 0 Å². The van der Waals surface area contributed by atoms with Crippen molar-refractivity contribution in [1.82, 2.24) is 20.5 Å². The molecule has 6 heteroatoms. The summed E-state index contributed by atoms with van der Waals surface area (Å²) in [6.07, 6.45) is 1.47. The summed E-state index contributed by atoms with van der Waals surface area (Å²) in [5.74, 6) is 1.51. The fraction of sp³-hybridized carbons (Fsp3) is 0.417. The van der Waals surface area contributed by atoms with Crippen LogP contribution in [0.25, 0.3) is 0 Å². The minimum Gasteiger partial charge on any atom is -0.459 e. The highest BCUT2D eigenvalue weighted by atomic mass is 16.3. The summed E-state index contributed by atoms with van der Waals surface area (Å²) in [6, 6.07) is 3.05. The number of nitrogens with zero attached hydrogens (tertiary/aromatic N) is 2. The van der Waals surface area contributed by atoms with E-state index in [4.69, 9.17) is 4.42 Å². The van der Waals surface area contributed by atoms with Gasteiger partial charge >= 0.3 is 0 Å². The molecule has 0 saturated heterocycles. The third-order valence-electron chi connectivity index (χ3n) is 2.59. The number of hydrogen-bond donors (Lipinski definition) is 2. The van der Waals surface area contributed by atoms with Gasteiger partial charge < -0.3 is 9.73 Å². The van der Waals surface area contributed by atoms with Crippen molar-refractivity contribution in [2.75, 3.05) is 0 Å². The van der Waals surface area contributed by atoms with Crippen LogP contribution >= 0.6 is 0 Å². The first-order chi connectivity index (χ1) is 8.58. The largest absolute Gasteiger partial charge is 0.459 e. The molecule has 2 rings (SSSR count). The highest BCUT2D eigenvalue weighted by Crippen LogP contribution is 2.18. The predicted octanol–water partition coefficient (Wildman–Crippen LogP) is 1.83. The molecular weight excluding hydrogens is 232 g/mol. The second-order valence-corrected chi connectivity index (χ2v) is 4.45. The van der Waals surface area contributed by atoms with Crippen LogP contribution in [-0.2, 0) is 0 Å². The molecule has 2 N–H and O–H groups in total. The van der Waals surface area contributed by atoms with E-state index in [1.54, 1.807) is 12.1 Å². The lowest BCUT2D eigenvalue weighted by Gasteiger charge is -2.18. The summed E-state index contributed by atoms with van der Waals surface area (Å²) >= 11 is 0. The van der Waals surface area contributed by atoms with Crippen molar-refractivity contribution in [3.05, 3.63) is 35.8 Å². The van der Waals surface area contributed by atoms with E-state index in [1.165, 1.54) is 6.26 Å². The van der Waals surface area contributed by atoms with Gasteiger partial charge in [-0.2, -0.15) is 5.10 Å². The second-order valence-electron chi connectivity index (χ2n) is 4.45. The van der Waals surface area contributed by atoms with E-state index in [0.29, 0.717) is 5.82 Å². The smallest absolute Gasteiger partial charge is 0.287 e. The molecule has 2 aromatic rings. The fourth-order valence-corrected chi connectivity index (χ4v) is 1.65. The number of H-pyrrole nitrogens is 1. The van der Waals surface area contributed by atoms with Crippen LogP contribution in [0.5, 0.6) is 0 Å². The van der Waals surface area contributed by atoms with Crippen molar-refractivity contribution in [3.8, 4) is 0 Å². The van der Waals surface area contributed by atoms with Gasteiger partial charge in [0.2, 0.25) is 0 Å². The molecule has 0 aliphatic carbocycles. The van der Waals surface area contributed by atoms with E-state index < -0.39 is 0 Å². The first-order valence-electron chi connectivity index (χ1n) is 5.81. The summed E-state index contributed by atoms with van der Waals surface area (Å²) in [5, 5.41) is 9.74. The predicted molar refractivity (Wildman–Crippen MR) is 64.9 cm³/mol. The summed E-state index contributed by atoms with van der Waals surface area (Å²) in [5.41, 5.74) is 0. The van der Waals surface area contributed by atoms with Gasteiger partial charge in [0.05, 0.1) is 12.3 Å². The van der Waals surface area contributed by atoms with Crippen LogP contribution in [0.15, 0.2) is 22.8 Å². The van der Waals surface area contributed by atoms with Crippen LogP contribution in [0.3, 0.4) is 0 Å². The van der Waals surface area contributed by atoms with Gasteiger partial charge in [-0.05, 0) is 25.0 Å². The maximum atomic E-state index is 11.9. The Morgan fingerprint density at radius 3 is 2.78 bits per heavy atom. The normalized spacial score (nSPS) is 12.7. The number of hydrogen-bond acceptors (Lipinski definition) is 4. The Bertz CT molecular complexity index is 516. The third kappa shape index (κ3) is 2.58. The first kappa shape index (κ1) is 12.3. The Balaban J connectivity index is 2.15. The number of furan rings is 1. The van der Waals surface area contributed by atoms with E-state index in [1.807, 2.05) is 20.8 Å². The van der Waals surface area contributed by atoms with Crippen LogP contribution in [-0.4, -0.2) is 21.1 Å². The van der Waals surface area contributed by atoms with Gasteiger partial charge in [0, 0.05) is 0 Å². The molecule has 96 valence electrons. The van der Waals surface area contributed by atoms with Crippen molar-refractivity contribution < 1.29 is 9.21 Å². The quantitative estimate of drug-likeness (QED) is 0.864. The number of aryl methyl sites for hydroxylation is 1. The maximum Gasteiger partial charge on any atom is 0.287 e. The molecule has 6 nitrogen and oxygen atoms in total. The summed E-state index contributed by atoms with van der Waals surface area (Å²) in [7, 11) is 0. The Morgan fingerprint density at radius 2 is 2.28 bits per heavy atom. The van der Waals surface area contributed by atoms with E-state index in [-0.39, 0.29) is 23.6 Å². The number of rotatable bonds is 4. The third-order valence-corrected chi connectivity index (χ3v) is 2.59. The zero-order chi connectivity index (χ0) is 13.1. The lowest BCUT2D eigenvalue weighted by Crippen LogP contribution is -2.32. The molecule has 0 saturated carbocycles. The number of carbonyl (C=O) groups is 1. The van der Waals surface area contributed by atoms with Crippen LogP contribution in [0.1, 0.15) is 42.1 Å². The molecule has 0 aliphatic heterocycles. The highest BCUT2D eigenvalue weighted by Gasteiger charge is 2.23. The highest BCUT2D eigenvalue weighted by molar-refractivity contribution is 5.91. The molecule has 2 aromatic heterocycles. The molecular formula is C12H16N4O2. The Labute approximate surface area is 105 Å². The van der Waals surface area contributed by atoms with Crippen LogP contribution < -0.4 is 5.32 Å². The molecule has 0 radical (unpaired) electrons. The monoisotopic (exact) mass is 248 g/mol. The zero-order valence-electron chi connectivity index (χ0n) is 10.6. The van der Waals surface area contributed by atoms with Gasteiger partial charge in [-0.1, -0.05) is 13.8 Å². The summed E-state index contributed by atoms with van der Waals surface area (Å²) in [4.78, 5) is 16.2. The second kappa shape index (κ2) is 5.03. The molecule has 0 aromatic carbocycles. The maximum absolute atomic E-state index is 11.9. The molecule has 0 bridgehead atoms. The number of nitrogens with one attached hydrogen (secondary N) is 2. The van der Waals surface area contributed by atoms with E-state index in [2.05, 4.69) is 20.5 Å². The van der Waals surface area contributed by atoms with Gasteiger partial charge in [0.25, 0.3) is 5.91 Å². The summed E-state index contributed by atoms with van der Waals surface area (Å²) < 4.78 is 5.06. The van der Waals surface area contributed by atoms with Gasteiger partial charge in [0.1, 0.15) is 5.82 Å². The number of amides is 1. The van der Waals surface area contributed by atoms with Crippen molar-refractivity contribution in [1.29, 1.82) is 0 Å². The number of aromatic amines is 1. The van der Waals surface area contributed by atoms with Crippen LogP contribution in [0.4, 0.5) is 0 Å². The number of carbonyl (C=O) groups excluding carboxylic acids is 1. The molecule has 1 unspecified atom stereocenters. The van der Waals surface area contributed by atoms with Crippen molar-refractivity contribution in [2.45, 2.75) is 26.8 Å². The van der Waals surface area contributed by atoms with Crippen LogP contribution in [0.2, 0.25) is 0 Å². The van der Waals surface area contributed by atoms with E-state index in [9.17, 15) is 4.79 Å². The van der Waals surface area contributed by atoms with Gasteiger partial charge in [-0.15, -0.1) is 0 Å². The van der Waals surface area contributed by atoms with Crippen molar-refractivity contribution >= 4 is 5.91 Å². The lowest BCUT2D eigenvalue weighted by molar-refractivity contribution is 0.0895. The Kier molecular flexibility index (Phi) is 3.45. The molecule has 1 amide bonds. The van der Waals surface area contributed by atoms with E-state index >= 15 is 0 Å². The topological polar surface area (TPSA) is 83.8 Å². The van der Waals surface area contributed by atoms with Gasteiger partial charge in [-0.3, -0.25) is 9.89 Å². The van der Waals surface area contributed by atoms with Crippen molar-refractivity contribution in [2.24, 2.45) is 5.92 Å². The fourth-order valence-electron chi connectivity index (χ4n) is 1.65. The Hall–Kier alpha value is -2.11. The molecule has 1 atom stereocenters. The standard InChI is InChI=1S/C12H16N4O2/c1-7(2)10(11-13-8(3)15-16-11)14-12(17)9-5-4-6-18-9/h4-7,10H,1-3H3,(H,14,17)(H,13,15,16). The van der Waals surface area contributed by atoms with Gasteiger partial charge in [0.15, 0.2) is 11.6 Å². The average molecular weight is 248 g/mol. The zero-order valence-corrected chi connectivity index (χ0v) is 10.6. The number of aromatic nitrogens is 3. The van der Waals surface area contributed by atoms with E-state index in [0.717, 1.165) is 5.82 Å². The molecule has 0 fully saturated rings. The molecule has 2 heterocycles. The van der Waals surface area contributed by atoms with Gasteiger partial charge in [-0.25, -0.2) is 4.98 Å². The summed E-state index contributed by atoms with van der Waals surface area (Å²) in [6.45, 7) is 5.82.